The minimum atomic E-state index is -0.785. The van der Waals surface area contributed by atoms with Crippen LogP contribution in [0.3, 0.4) is 0 Å². The smallest absolute Gasteiger partial charge is 0.426 e. The zero-order chi connectivity index (χ0) is 29.3. The van der Waals surface area contributed by atoms with Crippen LogP contribution in [0.25, 0.3) is 0 Å². The Bertz CT molecular complexity index is 1480. The van der Waals surface area contributed by atoms with Gasteiger partial charge in [0.15, 0.2) is 11.6 Å². The molecule has 1 aliphatic carbocycles. The van der Waals surface area contributed by atoms with E-state index >= 15 is 0 Å². The van der Waals surface area contributed by atoms with Gasteiger partial charge in [-0.25, -0.2) is 28.8 Å². The molecular weight excluding hydrogens is 540 g/mol. The second kappa shape index (κ2) is 10.9. The summed E-state index contributed by atoms with van der Waals surface area (Å²) >= 11 is 0. The molecule has 1 saturated carbocycles. The lowest BCUT2D eigenvalue weighted by Crippen LogP contribution is -2.44. The highest BCUT2D eigenvalue weighted by atomic mass is 19.1. The Kier molecular flexibility index (Phi) is 7.35. The Morgan fingerprint density at radius 2 is 1.66 bits per heavy atom. The van der Waals surface area contributed by atoms with Crippen LogP contribution in [0.15, 0.2) is 54.7 Å². The maximum Gasteiger partial charge on any atom is 0.426 e. The third-order valence-corrected chi connectivity index (χ3v) is 6.32. The molecule has 11 nitrogen and oxygen atoms in total. The van der Waals surface area contributed by atoms with E-state index in [0.717, 1.165) is 12.1 Å². The summed E-state index contributed by atoms with van der Waals surface area (Å²) < 4.78 is 44.5. The minimum Gasteiger partial charge on any atom is -0.490 e. The lowest BCUT2D eigenvalue weighted by atomic mass is 10.0. The third-order valence-electron chi connectivity index (χ3n) is 6.32. The van der Waals surface area contributed by atoms with Crippen LogP contribution in [0.1, 0.15) is 42.6 Å². The maximum absolute atomic E-state index is 14.3. The van der Waals surface area contributed by atoms with Crippen molar-refractivity contribution in [2.45, 2.75) is 38.3 Å². The largest absolute Gasteiger partial charge is 0.490 e. The number of nitrogens with zero attached hydrogens (tertiary/aromatic N) is 1. The molecule has 2 heterocycles. The van der Waals surface area contributed by atoms with Gasteiger partial charge >= 0.3 is 12.1 Å². The van der Waals surface area contributed by atoms with Gasteiger partial charge in [-0.05, 0) is 69.3 Å². The van der Waals surface area contributed by atoms with Gasteiger partial charge in [0.25, 0.3) is 5.91 Å². The van der Waals surface area contributed by atoms with E-state index in [-0.39, 0.29) is 41.1 Å². The average Bonchev–Trinajstić information content (AvgIpc) is 3.62. The number of urea groups is 1. The van der Waals surface area contributed by atoms with Crippen LogP contribution in [0, 0.1) is 17.6 Å². The first-order chi connectivity index (χ1) is 19.5. The molecule has 0 bridgehead atoms. The van der Waals surface area contributed by atoms with E-state index < -0.39 is 41.3 Å². The molecule has 41 heavy (non-hydrogen) atoms. The zero-order valence-electron chi connectivity index (χ0n) is 22.3. The summed E-state index contributed by atoms with van der Waals surface area (Å²) in [5.41, 5.74) is 4.16. The second-order valence-electron chi connectivity index (χ2n) is 10.5. The van der Waals surface area contributed by atoms with E-state index in [4.69, 9.17) is 14.2 Å². The molecule has 0 saturated heterocycles. The van der Waals surface area contributed by atoms with Crippen molar-refractivity contribution < 1.29 is 37.4 Å². The molecule has 214 valence electrons. The molecule has 1 aliphatic heterocycles. The van der Waals surface area contributed by atoms with Gasteiger partial charge in [-0.15, -0.1) is 0 Å². The number of halogens is 2. The molecule has 13 heteroatoms. The number of carbonyl (C=O) groups is 3. The van der Waals surface area contributed by atoms with Gasteiger partial charge in [0.2, 0.25) is 0 Å². The third kappa shape index (κ3) is 6.45. The lowest BCUT2D eigenvalue weighted by Gasteiger charge is -2.19. The molecule has 0 radical (unpaired) electrons. The van der Waals surface area contributed by atoms with E-state index in [2.05, 4.69) is 26.5 Å². The zero-order valence-corrected chi connectivity index (χ0v) is 22.3. The van der Waals surface area contributed by atoms with Crippen LogP contribution in [0.2, 0.25) is 0 Å². The first-order valence-corrected chi connectivity index (χ1v) is 12.7. The number of hydrazine groups is 1. The first-order valence-electron chi connectivity index (χ1n) is 12.7. The quantitative estimate of drug-likeness (QED) is 0.330. The monoisotopic (exact) mass is 567 g/mol. The van der Waals surface area contributed by atoms with Crippen LogP contribution >= 0.6 is 0 Å². The second-order valence-corrected chi connectivity index (χ2v) is 10.5. The van der Waals surface area contributed by atoms with Gasteiger partial charge < -0.3 is 19.5 Å². The van der Waals surface area contributed by atoms with Crippen LogP contribution in [0.4, 0.5) is 24.2 Å². The lowest BCUT2D eigenvalue weighted by molar-refractivity contribution is 0.0483. The predicted octanol–water partition coefficient (Wildman–Crippen LogP) is 4.62. The highest BCUT2D eigenvalue weighted by Crippen LogP contribution is 2.55. The molecule has 1 fully saturated rings. The number of nitrogens with one attached hydrogen (secondary N) is 4. The Morgan fingerprint density at radius 1 is 0.951 bits per heavy atom. The normalized spacial score (nSPS) is 18.5. The van der Waals surface area contributed by atoms with Gasteiger partial charge in [0, 0.05) is 29.0 Å². The summed E-state index contributed by atoms with van der Waals surface area (Å²) in [4.78, 5) is 40.6. The van der Waals surface area contributed by atoms with E-state index in [0.29, 0.717) is 11.5 Å². The summed E-state index contributed by atoms with van der Waals surface area (Å²) in [7, 11) is 0. The summed E-state index contributed by atoms with van der Waals surface area (Å²) in [5, 5.41) is 5.38. The topological polar surface area (TPSA) is 140 Å². The molecule has 2 aromatic carbocycles. The van der Waals surface area contributed by atoms with Crippen molar-refractivity contribution in [1.82, 2.24) is 21.2 Å². The fourth-order valence-corrected chi connectivity index (χ4v) is 4.47. The molecule has 0 spiro atoms. The average molecular weight is 568 g/mol. The molecule has 3 aromatic rings. The molecule has 5 rings (SSSR count). The van der Waals surface area contributed by atoms with Gasteiger partial charge in [-0.3, -0.25) is 15.5 Å². The minimum absolute atomic E-state index is 0.0960. The van der Waals surface area contributed by atoms with E-state index in [1.54, 1.807) is 39.0 Å². The number of amides is 4. The number of hydrogen-bond donors (Lipinski definition) is 4. The maximum atomic E-state index is 14.3. The first kappa shape index (κ1) is 27.6. The number of anilines is 1. The van der Waals surface area contributed by atoms with E-state index in [1.807, 2.05) is 0 Å². The molecule has 4 N–H and O–H groups in total. The number of hydrogen-bond acceptors (Lipinski definition) is 7. The van der Waals surface area contributed by atoms with Gasteiger partial charge in [0.1, 0.15) is 28.7 Å². The van der Waals surface area contributed by atoms with E-state index in [9.17, 15) is 23.2 Å². The fourth-order valence-electron chi connectivity index (χ4n) is 4.47. The van der Waals surface area contributed by atoms with Crippen molar-refractivity contribution in [3.8, 4) is 17.2 Å². The molecular formula is C28H27F2N5O6. The van der Waals surface area contributed by atoms with Gasteiger partial charge in [-0.1, -0.05) is 0 Å². The summed E-state index contributed by atoms with van der Waals surface area (Å²) in [6, 6.07) is 10.4. The molecule has 2 aliphatic rings. The van der Waals surface area contributed by atoms with Crippen molar-refractivity contribution in [3.05, 3.63) is 77.5 Å². The fraction of sp³-hybridized carbons (Fsp3) is 0.286. The van der Waals surface area contributed by atoms with Crippen molar-refractivity contribution in [3.63, 3.8) is 0 Å². The predicted molar refractivity (Wildman–Crippen MR) is 142 cm³/mol. The summed E-state index contributed by atoms with van der Waals surface area (Å²) in [6.45, 7) is 5.29. The Balaban J connectivity index is 1.10. The number of ether oxygens (including phenoxy) is 3. The highest BCUT2D eigenvalue weighted by molar-refractivity contribution is 5.95. The van der Waals surface area contributed by atoms with Crippen molar-refractivity contribution in [2.75, 3.05) is 11.9 Å². The van der Waals surface area contributed by atoms with Gasteiger partial charge in [0.05, 0.1) is 12.8 Å². The molecule has 2 unspecified atom stereocenters. The van der Waals surface area contributed by atoms with Gasteiger partial charge in [-0.2, -0.15) is 0 Å². The van der Waals surface area contributed by atoms with Crippen LogP contribution < -0.4 is 31.0 Å². The number of aromatic nitrogens is 1. The number of fused-ring (bicyclic) bond motifs is 3. The van der Waals surface area contributed by atoms with Crippen molar-refractivity contribution in [1.29, 1.82) is 0 Å². The van der Waals surface area contributed by atoms with Crippen molar-refractivity contribution in [2.24, 2.45) is 5.92 Å². The number of pyridine rings is 1. The molecule has 1 aromatic heterocycles. The SMILES string of the molecule is CC(C)(C)OC(=O)NNC(=O)c1ccc(Oc2ccc(NC(=O)N[C@@H]3C4COc5c(F)ccc(F)c5C43)nc2)cc1. The number of benzene rings is 2. The van der Waals surface area contributed by atoms with Crippen molar-refractivity contribution >= 4 is 23.8 Å². The molecule has 4 amide bonds. The number of rotatable bonds is 5. The Labute approximate surface area is 233 Å². The summed E-state index contributed by atoms with van der Waals surface area (Å²) in [6.07, 6.45) is 0.617. The Hall–Kier alpha value is -4.94. The standard InChI is InChI=1S/C28H27F2N5O6/c1-28(2,3)41-27(38)35-34-25(36)14-4-6-15(7-5-14)40-16-8-11-20(31-12-16)32-26(37)33-23-17-13-39-24-19(30)10-9-18(29)22(24)21(17)23/h4-12,17,21,23H,13H2,1-3H3,(H,34,36)(H,35,38)(H2,31,32,33,37)/t17?,21?,23-/m1/s1. The van der Waals surface area contributed by atoms with Crippen LogP contribution in [-0.4, -0.2) is 41.3 Å². The Morgan fingerprint density at radius 3 is 2.34 bits per heavy atom. The van der Waals surface area contributed by atoms with Crippen LogP contribution in [-0.2, 0) is 4.74 Å². The highest BCUT2D eigenvalue weighted by Gasteiger charge is 2.57. The number of carbonyl (C=O) groups excluding carboxylic acids is 3. The summed E-state index contributed by atoms with van der Waals surface area (Å²) in [5.74, 6) is -1.30. The van der Waals surface area contributed by atoms with E-state index in [1.165, 1.54) is 24.4 Å². The van der Waals surface area contributed by atoms with Crippen LogP contribution in [0.5, 0.6) is 17.2 Å². The molecule has 3 atom stereocenters.